The van der Waals surface area contributed by atoms with Gasteiger partial charge in [0.25, 0.3) is 0 Å². The van der Waals surface area contributed by atoms with Crippen LogP contribution in [0.4, 0.5) is 4.79 Å². The maximum atomic E-state index is 13.9. The number of benzene rings is 3. The first-order valence-corrected chi connectivity index (χ1v) is 17.9. The molecule has 2 unspecified atom stereocenters. The molecule has 6 nitrogen and oxygen atoms in total. The van der Waals surface area contributed by atoms with E-state index < -0.39 is 9.84 Å². The first-order chi connectivity index (χ1) is 20.2. The van der Waals surface area contributed by atoms with Crippen molar-refractivity contribution in [3.8, 4) is 5.75 Å². The maximum Gasteiger partial charge on any atom is 0.320 e. The summed E-state index contributed by atoms with van der Waals surface area (Å²) in [7, 11) is -3.10. The number of amides is 2. The minimum absolute atomic E-state index is 0.0301. The van der Waals surface area contributed by atoms with Crippen molar-refractivity contribution in [1.82, 2.24) is 9.80 Å². The molecule has 42 heavy (non-hydrogen) atoms. The number of ether oxygens (including phenoxy) is 1. The third-order valence-electron chi connectivity index (χ3n) is 8.91. The van der Waals surface area contributed by atoms with Crippen LogP contribution in [0.5, 0.6) is 5.75 Å². The summed E-state index contributed by atoms with van der Waals surface area (Å²) in [5.74, 6) is 0.766. The van der Waals surface area contributed by atoms with Crippen LogP contribution in [0, 0.1) is 0 Å². The molecule has 2 saturated heterocycles. The molecule has 222 valence electrons. The lowest BCUT2D eigenvalue weighted by atomic mass is 9.78. The Hall–Kier alpha value is -2.39. The second-order valence-corrected chi connectivity index (χ2v) is 16.0. The van der Waals surface area contributed by atoms with Gasteiger partial charge in [0.1, 0.15) is 22.2 Å². The Morgan fingerprint density at radius 3 is 2.38 bits per heavy atom. The van der Waals surface area contributed by atoms with Crippen LogP contribution in [0.25, 0.3) is 0 Å². The molecule has 0 radical (unpaired) electrons. The van der Waals surface area contributed by atoms with Crippen LogP contribution < -0.4 is 4.74 Å². The van der Waals surface area contributed by atoms with Crippen LogP contribution in [-0.4, -0.2) is 61.4 Å². The maximum absolute atomic E-state index is 13.9. The highest BCUT2D eigenvalue weighted by molar-refractivity contribution is 8.00. The Kier molecular flexibility index (Phi) is 8.44. The molecule has 1 aliphatic carbocycles. The molecule has 0 bridgehead atoms. The van der Waals surface area contributed by atoms with Crippen LogP contribution in [0.15, 0.2) is 71.6 Å². The molecule has 0 N–H and O–H groups in total. The number of urea groups is 1. The zero-order valence-corrected chi connectivity index (χ0v) is 26.6. The molecular formula is C32H34Cl2N2O4S2. The molecule has 0 spiro atoms. The van der Waals surface area contributed by atoms with Crippen molar-refractivity contribution >= 4 is 50.8 Å². The van der Waals surface area contributed by atoms with E-state index in [1.54, 1.807) is 0 Å². The van der Waals surface area contributed by atoms with Crippen molar-refractivity contribution in [1.29, 1.82) is 0 Å². The zero-order valence-electron chi connectivity index (χ0n) is 23.5. The van der Waals surface area contributed by atoms with E-state index in [9.17, 15) is 13.2 Å². The lowest BCUT2D eigenvalue weighted by Gasteiger charge is -2.44. The molecule has 3 aromatic carbocycles. The molecule has 3 aromatic rings. The number of carbonyl (C=O) groups is 1. The van der Waals surface area contributed by atoms with Crippen molar-refractivity contribution in [3.63, 3.8) is 0 Å². The molecule has 0 aromatic heterocycles. The molecule has 2 aliphatic heterocycles. The Labute approximate surface area is 262 Å². The molecule has 2 amide bonds. The lowest BCUT2D eigenvalue weighted by molar-refractivity contribution is 0.133. The zero-order chi connectivity index (χ0) is 29.5. The third kappa shape index (κ3) is 5.75. The molecule has 3 aliphatic rings. The number of hydrogen-bond acceptors (Lipinski definition) is 5. The standard InChI is InChI=1S/C32H34Cl2N2O4S2/c1-42(38,39)25-14-17-35(18-15-25)31(37)36-19-16-32(41-24-6-3-2-4-7-24)27-12-11-23(20-22(27)10-13-30(32)36)40-21-26-28(33)8-5-9-29(26)34/h2-9,11-12,20,25,30H,10,13-19,21H2,1H3. The number of carbonyl (C=O) groups excluding carboxylic acids is 1. The highest BCUT2D eigenvalue weighted by atomic mass is 35.5. The Morgan fingerprint density at radius 1 is 0.976 bits per heavy atom. The highest BCUT2D eigenvalue weighted by Gasteiger charge is 2.54. The van der Waals surface area contributed by atoms with Crippen molar-refractivity contribution < 1.29 is 17.9 Å². The molecule has 0 saturated carbocycles. The topological polar surface area (TPSA) is 66.9 Å². The van der Waals surface area contributed by atoms with Gasteiger partial charge in [-0.15, -0.1) is 11.8 Å². The van der Waals surface area contributed by atoms with E-state index in [4.69, 9.17) is 27.9 Å². The van der Waals surface area contributed by atoms with Gasteiger partial charge in [-0.3, -0.25) is 0 Å². The average molecular weight is 646 g/mol. The first-order valence-electron chi connectivity index (χ1n) is 14.3. The molecule has 2 atom stereocenters. The van der Waals surface area contributed by atoms with Gasteiger partial charge in [-0.25, -0.2) is 13.2 Å². The van der Waals surface area contributed by atoms with Crippen LogP contribution in [0.3, 0.4) is 0 Å². The van der Waals surface area contributed by atoms with E-state index in [2.05, 4.69) is 41.3 Å². The summed E-state index contributed by atoms with van der Waals surface area (Å²) < 4.78 is 30.0. The van der Waals surface area contributed by atoms with Gasteiger partial charge in [-0.05, 0) is 79.6 Å². The predicted octanol–water partition coefficient (Wildman–Crippen LogP) is 7.21. The number of piperidine rings is 1. The fourth-order valence-corrected chi connectivity index (χ4v) is 9.89. The van der Waals surface area contributed by atoms with E-state index in [1.807, 2.05) is 47.0 Å². The normalized spacial score (nSPS) is 22.5. The van der Waals surface area contributed by atoms with Crippen LogP contribution in [-0.2, 0) is 27.6 Å². The summed E-state index contributed by atoms with van der Waals surface area (Å²) in [5.41, 5.74) is 3.25. The first kappa shape index (κ1) is 29.7. The van der Waals surface area contributed by atoms with Crippen LogP contribution in [0.1, 0.15) is 42.4 Å². The quantitative estimate of drug-likeness (QED) is 0.284. The summed E-state index contributed by atoms with van der Waals surface area (Å²) in [6, 6.07) is 22.2. The van der Waals surface area contributed by atoms with Gasteiger partial charge >= 0.3 is 6.03 Å². The predicted molar refractivity (Wildman–Crippen MR) is 169 cm³/mol. The molecule has 6 rings (SSSR count). The fraction of sp³-hybridized carbons (Fsp3) is 0.406. The number of nitrogens with zero attached hydrogens (tertiary/aromatic N) is 2. The van der Waals surface area contributed by atoms with Gasteiger partial charge in [0.15, 0.2) is 0 Å². The summed E-state index contributed by atoms with van der Waals surface area (Å²) >= 11 is 14.6. The van der Waals surface area contributed by atoms with Crippen molar-refractivity contribution in [3.05, 3.63) is 93.5 Å². The summed E-state index contributed by atoms with van der Waals surface area (Å²) in [5, 5.41) is 0.801. The smallest absolute Gasteiger partial charge is 0.320 e. The molecule has 2 heterocycles. The summed E-state index contributed by atoms with van der Waals surface area (Å²) in [4.78, 5) is 19.0. The van der Waals surface area contributed by atoms with Gasteiger partial charge in [0.05, 0.1) is 16.0 Å². The molecular weight excluding hydrogens is 611 g/mol. The van der Waals surface area contributed by atoms with Gasteiger partial charge in [0.2, 0.25) is 0 Å². The Morgan fingerprint density at radius 2 is 1.69 bits per heavy atom. The van der Waals surface area contributed by atoms with Crippen molar-refractivity contribution in [2.75, 3.05) is 25.9 Å². The number of hydrogen-bond donors (Lipinski definition) is 0. The number of sulfone groups is 1. The van der Waals surface area contributed by atoms with Gasteiger partial charge in [-0.1, -0.05) is 53.5 Å². The molecule has 2 fully saturated rings. The van der Waals surface area contributed by atoms with E-state index in [1.165, 1.54) is 22.3 Å². The minimum atomic E-state index is -3.10. The molecule has 10 heteroatoms. The number of aryl methyl sites for hydroxylation is 1. The Bertz CT molecular complexity index is 1560. The SMILES string of the molecule is CS(=O)(=O)C1CCN(C(=O)N2CCC3(Sc4ccccc4)c4ccc(OCc5c(Cl)cccc5Cl)cc4CCC23)CC1. The monoisotopic (exact) mass is 644 g/mol. The summed E-state index contributed by atoms with van der Waals surface area (Å²) in [6.07, 6.45) is 4.81. The average Bonchev–Trinajstić information content (AvgIpc) is 3.36. The minimum Gasteiger partial charge on any atom is -0.489 e. The van der Waals surface area contributed by atoms with E-state index in [-0.39, 0.29) is 28.7 Å². The van der Waals surface area contributed by atoms with Gasteiger partial charge < -0.3 is 14.5 Å². The Balaban J connectivity index is 1.26. The number of fused-ring (bicyclic) bond motifs is 3. The second-order valence-electron chi connectivity index (χ2n) is 11.4. The number of likely N-dealkylation sites (tertiary alicyclic amines) is 2. The number of thioether (sulfide) groups is 1. The summed E-state index contributed by atoms with van der Waals surface area (Å²) in [6.45, 7) is 1.90. The van der Waals surface area contributed by atoms with Crippen LogP contribution >= 0.6 is 35.0 Å². The number of rotatable bonds is 6. The van der Waals surface area contributed by atoms with E-state index in [0.717, 1.165) is 30.6 Å². The van der Waals surface area contributed by atoms with Gasteiger partial charge in [-0.2, -0.15) is 0 Å². The second kappa shape index (κ2) is 11.9. The highest BCUT2D eigenvalue weighted by Crippen LogP contribution is 2.56. The van der Waals surface area contributed by atoms with Gasteiger partial charge in [0, 0.05) is 46.4 Å². The van der Waals surface area contributed by atoms with E-state index >= 15 is 0 Å². The third-order valence-corrected chi connectivity index (χ3v) is 12.9. The van der Waals surface area contributed by atoms with E-state index in [0.29, 0.717) is 42.5 Å². The largest absolute Gasteiger partial charge is 0.489 e. The van der Waals surface area contributed by atoms with Crippen molar-refractivity contribution in [2.45, 2.75) is 59.6 Å². The van der Waals surface area contributed by atoms with Crippen LogP contribution in [0.2, 0.25) is 10.0 Å². The fourth-order valence-electron chi connectivity index (χ4n) is 6.72. The lowest BCUT2D eigenvalue weighted by Crippen LogP contribution is -2.53. The number of halogens is 2. The van der Waals surface area contributed by atoms with Crippen molar-refractivity contribution in [2.24, 2.45) is 0 Å².